The molecular weight excluding hydrogens is 283 g/mol. The predicted molar refractivity (Wildman–Crippen MR) is 61.1 cm³/mol. The zero-order valence-corrected chi connectivity index (χ0v) is 9.71. The van der Waals surface area contributed by atoms with Crippen molar-refractivity contribution in [3.63, 3.8) is 0 Å². The van der Waals surface area contributed by atoms with E-state index in [1.807, 2.05) is 0 Å². The Morgan fingerprint density at radius 1 is 1.40 bits per heavy atom. The monoisotopic (exact) mass is 288 g/mol. The second-order valence-electron chi connectivity index (χ2n) is 2.69. The lowest BCUT2D eigenvalue weighted by molar-refractivity contribution is 0.593. The fourth-order valence-electron chi connectivity index (χ4n) is 0.991. The normalized spacial score (nSPS) is 10.3. The van der Waals surface area contributed by atoms with Crippen molar-refractivity contribution < 1.29 is 4.42 Å². The van der Waals surface area contributed by atoms with E-state index in [4.69, 9.17) is 21.8 Å². The van der Waals surface area contributed by atoms with Gasteiger partial charge in [0.25, 0.3) is 0 Å². The molecule has 0 fully saturated rings. The van der Waals surface area contributed by atoms with Crippen LogP contribution in [0.1, 0.15) is 0 Å². The van der Waals surface area contributed by atoms with Crippen molar-refractivity contribution in [1.29, 1.82) is 0 Å². The number of nitrogens with zero attached hydrogens (tertiary/aromatic N) is 2. The van der Waals surface area contributed by atoms with Gasteiger partial charge in [-0.25, -0.2) is 0 Å². The van der Waals surface area contributed by atoms with Gasteiger partial charge in [0.15, 0.2) is 0 Å². The summed E-state index contributed by atoms with van der Waals surface area (Å²) in [5.74, 6) is 0. The van der Waals surface area contributed by atoms with Crippen LogP contribution in [0.25, 0.3) is 0 Å². The number of nitrogens with two attached hydrogens (primary N) is 1. The van der Waals surface area contributed by atoms with Crippen LogP contribution in [0.3, 0.4) is 0 Å². The lowest BCUT2D eigenvalue weighted by Gasteiger charge is -2.03. The van der Waals surface area contributed by atoms with E-state index < -0.39 is 0 Å². The molecule has 7 heteroatoms. The van der Waals surface area contributed by atoms with Gasteiger partial charge in [0.1, 0.15) is 0 Å². The number of rotatable bonds is 2. The molecule has 0 spiro atoms. The smallest absolute Gasteiger partial charge is 0.321 e. The molecule has 0 atom stereocenters. The minimum atomic E-state index is 0.0163. The van der Waals surface area contributed by atoms with Gasteiger partial charge in [0.05, 0.1) is 5.69 Å². The summed E-state index contributed by atoms with van der Waals surface area (Å²) in [6, 6.07) is 5.53. The Labute approximate surface area is 98.8 Å². The molecular formula is C8H6BrClN4O. The van der Waals surface area contributed by atoms with E-state index in [0.717, 1.165) is 10.2 Å². The van der Waals surface area contributed by atoms with E-state index in [-0.39, 0.29) is 12.0 Å². The average molecular weight is 290 g/mol. The molecule has 3 N–H and O–H groups in total. The van der Waals surface area contributed by atoms with Crippen LogP contribution >= 0.6 is 27.5 Å². The standard InChI is InChI=1S/C8H6BrClN4O/c9-5-3-4(10)1-2-6(5)12-8-14-13-7(11)15-8/h1-3H,(H2,11,13)(H,12,14). The van der Waals surface area contributed by atoms with Crippen molar-refractivity contribution in [2.24, 2.45) is 0 Å². The molecule has 0 aliphatic carbocycles. The number of nitrogen functional groups attached to an aromatic ring is 1. The average Bonchev–Trinajstić information content (AvgIpc) is 2.56. The van der Waals surface area contributed by atoms with Crippen LogP contribution in [0.15, 0.2) is 27.1 Å². The lowest BCUT2D eigenvalue weighted by Crippen LogP contribution is -1.91. The van der Waals surface area contributed by atoms with Crippen molar-refractivity contribution >= 4 is 45.2 Å². The van der Waals surface area contributed by atoms with Gasteiger partial charge in [-0.2, -0.15) is 0 Å². The fraction of sp³-hybridized carbons (Fsp3) is 0. The third-order valence-electron chi connectivity index (χ3n) is 1.61. The topological polar surface area (TPSA) is 77.0 Å². The minimum Gasteiger partial charge on any atom is -0.389 e. The molecule has 0 unspecified atom stereocenters. The first-order chi connectivity index (χ1) is 7.15. The highest BCUT2D eigenvalue weighted by atomic mass is 79.9. The third-order valence-corrected chi connectivity index (χ3v) is 2.50. The molecule has 2 aromatic rings. The van der Waals surface area contributed by atoms with Crippen LogP contribution in [0.5, 0.6) is 0 Å². The predicted octanol–water partition coefficient (Wildman–Crippen LogP) is 2.81. The molecule has 0 aliphatic rings. The highest BCUT2D eigenvalue weighted by molar-refractivity contribution is 9.10. The molecule has 0 saturated heterocycles. The number of benzene rings is 1. The maximum atomic E-state index is 5.79. The van der Waals surface area contributed by atoms with Crippen molar-refractivity contribution in [3.05, 3.63) is 27.7 Å². The summed E-state index contributed by atoms with van der Waals surface area (Å²) in [5, 5.41) is 10.7. The molecule has 78 valence electrons. The number of halogens is 2. The first kappa shape index (κ1) is 10.3. The summed E-state index contributed by atoms with van der Waals surface area (Å²) in [4.78, 5) is 0. The number of hydrogen-bond donors (Lipinski definition) is 2. The molecule has 0 radical (unpaired) electrons. The molecule has 5 nitrogen and oxygen atoms in total. The van der Waals surface area contributed by atoms with Gasteiger partial charge in [-0.1, -0.05) is 21.8 Å². The van der Waals surface area contributed by atoms with Crippen LogP contribution in [0.4, 0.5) is 17.7 Å². The number of aromatic nitrogens is 2. The molecule has 2 rings (SSSR count). The molecule has 0 bridgehead atoms. The van der Waals surface area contributed by atoms with Crippen molar-refractivity contribution in [3.8, 4) is 0 Å². The Bertz CT molecular complexity index is 487. The molecule has 0 saturated carbocycles. The lowest BCUT2D eigenvalue weighted by atomic mass is 10.3. The van der Waals surface area contributed by atoms with Gasteiger partial charge in [0, 0.05) is 9.50 Å². The first-order valence-electron chi connectivity index (χ1n) is 3.96. The number of hydrogen-bond acceptors (Lipinski definition) is 5. The van der Waals surface area contributed by atoms with Crippen LogP contribution in [0, 0.1) is 0 Å². The van der Waals surface area contributed by atoms with E-state index in [2.05, 4.69) is 31.4 Å². The molecule has 15 heavy (non-hydrogen) atoms. The molecule has 1 heterocycles. The van der Waals surface area contributed by atoms with Crippen molar-refractivity contribution in [1.82, 2.24) is 10.2 Å². The summed E-state index contributed by atoms with van der Waals surface area (Å²) in [5.41, 5.74) is 6.05. The zero-order chi connectivity index (χ0) is 10.8. The van der Waals surface area contributed by atoms with Gasteiger partial charge < -0.3 is 15.5 Å². The number of nitrogens with one attached hydrogen (secondary N) is 1. The Balaban J connectivity index is 2.24. The minimum absolute atomic E-state index is 0.0163. The Morgan fingerprint density at radius 3 is 2.80 bits per heavy atom. The second-order valence-corrected chi connectivity index (χ2v) is 3.99. The third kappa shape index (κ3) is 2.40. The Kier molecular flexibility index (Phi) is 2.79. The van der Waals surface area contributed by atoms with Crippen LogP contribution in [-0.4, -0.2) is 10.2 Å². The zero-order valence-electron chi connectivity index (χ0n) is 7.37. The van der Waals surface area contributed by atoms with E-state index >= 15 is 0 Å². The summed E-state index contributed by atoms with van der Waals surface area (Å²) in [7, 11) is 0. The van der Waals surface area contributed by atoms with E-state index in [1.54, 1.807) is 18.2 Å². The van der Waals surface area contributed by atoms with E-state index in [1.165, 1.54) is 0 Å². The number of anilines is 3. The van der Waals surface area contributed by atoms with E-state index in [0.29, 0.717) is 5.02 Å². The van der Waals surface area contributed by atoms with Gasteiger partial charge in [0.2, 0.25) is 0 Å². The Morgan fingerprint density at radius 2 is 2.20 bits per heavy atom. The van der Waals surface area contributed by atoms with Gasteiger partial charge in [-0.15, -0.1) is 0 Å². The van der Waals surface area contributed by atoms with Gasteiger partial charge in [-0.3, -0.25) is 0 Å². The summed E-state index contributed by atoms with van der Waals surface area (Å²) >= 11 is 9.14. The van der Waals surface area contributed by atoms with Crippen LogP contribution in [-0.2, 0) is 0 Å². The Hall–Kier alpha value is -1.27. The van der Waals surface area contributed by atoms with E-state index in [9.17, 15) is 0 Å². The fourth-order valence-corrected chi connectivity index (χ4v) is 1.77. The maximum Gasteiger partial charge on any atom is 0.321 e. The summed E-state index contributed by atoms with van der Waals surface area (Å²) in [6.45, 7) is 0. The van der Waals surface area contributed by atoms with Gasteiger partial charge >= 0.3 is 12.0 Å². The second kappa shape index (κ2) is 4.08. The quantitative estimate of drug-likeness (QED) is 0.889. The molecule has 1 aromatic carbocycles. The largest absolute Gasteiger partial charge is 0.389 e. The van der Waals surface area contributed by atoms with Crippen molar-refractivity contribution in [2.75, 3.05) is 11.1 Å². The van der Waals surface area contributed by atoms with Crippen LogP contribution < -0.4 is 11.1 Å². The highest BCUT2D eigenvalue weighted by Gasteiger charge is 2.05. The molecule has 1 aromatic heterocycles. The summed E-state index contributed by atoms with van der Waals surface area (Å²) in [6.07, 6.45) is 0. The molecule has 0 aliphatic heterocycles. The highest BCUT2D eigenvalue weighted by Crippen LogP contribution is 2.28. The van der Waals surface area contributed by atoms with Gasteiger partial charge in [-0.05, 0) is 34.1 Å². The SMILES string of the molecule is Nc1nnc(Nc2ccc(Cl)cc2Br)o1. The van der Waals surface area contributed by atoms with Crippen molar-refractivity contribution in [2.45, 2.75) is 0 Å². The summed E-state index contributed by atoms with van der Waals surface area (Å²) < 4.78 is 5.76. The first-order valence-corrected chi connectivity index (χ1v) is 5.13. The van der Waals surface area contributed by atoms with Crippen LogP contribution in [0.2, 0.25) is 5.02 Å². The maximum absolute atomic E-state index is 5.79. The molecule has 0 amide bonds.